The highest BCUT2D eigenvalue weighted by molar-refractivity contribution is 6.03. The van der Waals surface area contributed by atoms with Crippen molar-refractivity contribution in [1.82, 2.24) is 20.0 Å². The van der Waals surface area contributed by atoms with Crippen molar-refractivity contribution in [3.8, 4) is 0 Å². The summed E-state index contributed by atoms with van der Waals surface area (Å²) in [5.74, 6) is 0. The SMILES string of the molecule is Cc1ccnc2ccc3nn(C)nc3c12. The Morgan fingerprint density at radius 2 is 1.87 bits per heavy atom. The minimum absolute atomic E-state index is 0.918. The largest absolute Gasteiger partial charge is 0.256 e. The summed E-state index contributed by atoms with van der Waals surface area (Å²) in [5, 5.41) is 9.75. The number of rotatable bonds is 0. The van der Waals surface area contributed by atoms with Crippen molar-refractivity contribution in [2.45, 2.75) is 6.92 Å². The third kappa shape index (κ3) is 1.11. The van der Waals surface area contributed by atoms with Crippen LogP contribution in [0.4, 0.5) is 0 Å². The van der Waals surface area contributed by atoms with Gasteiger partial charge in [0.05, 0.1) is 5.52 Å². The third-order valence-corrected chi connectivity index (χ3v) is 2.56. The Kier molecular flexibility index (Phi) is 1.54. The van der Waals surface area contributed by atoms with Crippen molar-refractivity contribution in [1.29, 1.82) is 0 Å². The van der Waals surface area contributed by atoms with Gasteiger partial charge in [0.1, 0.15) is 11.0 Å². The number of nitrogens with zero attached hydrogens (tertiary/aromatic N) is 4. The summed E-state index contributed by atoms with van der Waals surface area (Å²) in [6, 6.07) is 5.94. The molecule has 3 aromatic rings. The summed E-state index contributed by atoms with van der Waals surface area (Å²) in [6.07, 6.45) is 1.82. The van der Waals surface area contributed by atoms with Gasteiger partial charge in [0.25, 0.3) is 0 Å². The van der Waals surface area contributed by atoms with E-state index in [4.69, 9.17) is 0 Å². The molecule has 2 heterocycles. The molecule has 15 heavy (non-hydrogen) atoms. The molecular formula is C11H10N4. The smallest absolute Gasteiger partial charge is 0.122 e. The maximum absolute atomic E-state index is 4.37. The van der Waals surface area contributed by atoms with E-state index in [1.54, 1.807) is 4.80 Å². The zero-order valence-corrected chi connectivity index (χ0v) is 8.60. The predicted molar refractivity (Wildman–Crippen MR) is 58.5 cm³/mol. The molecule has 0 N–H and O–H groups in total. The number of hydrogen-bond acceptors (Lipinski definition) is 3. The van der Waals surface area contributed by atoms with Crippen LogP contribution in [0.5, 0.6) is 0 Å². The monoisotopic (exact) mass is 198 g/mol. The van der Waals surface area contributed by atoms with E-state index in [-0.39, 0.29) is 0 Å². The van der Waals surface area contributed by atoms with Crippen LogP contribution < -0.4 is 0 Å². The molecule has 0 unspecified atom stereocenters. The lowest BCUT2D eigenvalue weighted by atomic mass is 10.1. The summed E-state index contributed by atoms with van der Waals surface area (Å²) >= 11 is 0. The highest BCUT2D eigenvalue weighted by Gasteiger charge is 2.07. The molecule has 0 fully saturated rings. The van der Waals surface area contributed by atoms with E-state index in [0.29, 0.717) is 0 Å². The number of benzene rings is 1. The molecule has 0 atom stereocenters. The van der Waals surface area contributed by atoms with Crippen LogP contribution in [0.25, 0.3) is 21.9 Å². The van der Waals surface area contributed by atoms with Gasteiger partial charge in [0.15, 0.2) is 0 Å². The first-order valence-corrected chi connectivity index (χ1v) is 4.81. The molecule has 74 valence electrons. The Labute approximate surface area is 86.5 Å². The van der Waals surface area contributed by atoms with E-state index in [1.165, 1.54) is 5.56 Å². The quantitative estimate of drug-likeness (QED) is 0.553. The van der Waals surface area contributed by atoms with Crippen molar-refractivity contribution >= 4 is 21.9 Å². The Bertz CT molecular complexity index is 654. The first-order chi connectivity index (χ1) is 7.25. The molecule has 0 aliphatic rings. The molecule has 0 spiro atoms. The van der Waals surface area contributed by atoms with Crippen LogP contribution in [0.1, 0.15) is 5.56 Å². The second kappa shape index (κ2) is 2.76. The van der Waals surface area contributed by atoms with Gasteiger partial charge in [-0.25, -0.2) is 0 Å². The lowest BCUT2D eigenvalue weighted by Gasteiger charge is -1.99. The van der Waals surface area contributed by atoms with Crippen LogP contribution in [-0.2, 0) is 7.05 Å². The van der Waals surface area contributed by atoms with Crippen molar-refractivity contribution in [2.75, 3.05) is 0 Å². The first-order valence-electron chi connectivity index (χ1n) is 4.81. The average molecular weight is 198 g/mol. The molecular weight excluding hydrogens is 188 g/mol. The number of hydrogen-bond donors (Lipinski definition) is 0. The molecule has 2 aromatic heterocycles. The lowest BCUT2D eigenvalue weighted by molar-refractivity contribution is 0.665. The molecule has 0 bridgehead atoms. The van der Waals surface area contributed by atoms with Gasteiger partial charge in [-0.05, 0) is 30.7 Å². The van der Waals surface area contributed by atoms with Crippen molar-refractivity contribution < 1.29 is 0 Å². The average Bonchev–Trinajstić information content (AvgIpc) is 2.58. The van der Waals surface area contributed by atoms with E-state index >= 15 is 0 Å². The Hall–Kier alpha value is -1.97. The van der Waals surface area contributed by atoms with Crippen molar-refractivity contribution in [3.63, 3.8) is 0 Å². The maximum Gasteiger partial charge on any atom is 0.122 e. The van der Waals surface area contributed by atoms with E-state index in [0.717, 1.165) is 21.9 Å². The fourth-order valence-corrected chi connectivity index (χ4v) is 1.88. The zero-order chi connectivity index (χ0) is 10.4. The second-order valence-corrected chi connectivity index (χ2v) is 3.64. The summed E-state index contributed by atoms with van der Waals surface area (Å²) in [4.78, 5) is 5.92. The van der Waals surface area contributed by atoms with Gasteiger partial charge in [-0.1, -0.05) is 0 Å². The molecule has 4 nitrogen and oxygen atoms in total. The van der Waals surface area contributed by atoms with Gasteiger partial charge in [-0.15, -0.1) is 0 Å². The Morgan fingerprint density at radius 3 is 2.73 bits per heavy atom. The fourth-order valence-electron chi connectivity index (χ4n) is 1.88. The summed E-state index contributed by atoms with van der Waals surface area (Å²) in [5.41, 5.74) is 4.01. The highest BCUT2D eigenvalue weighted by atomic mass is 15.4. The first kappa shape index (κ1) is 8.35. The molecule has 0 saturated heterocycles. The van der Waals surface area contributed by atoms with Crippen molar-refractivity contribution in [2.24, 2.45) is 7.05 Å². The van der Waals surface area contributed by atoms with Gasteiger partial charge in [0, 0.05) is 18.6 Å². The molecule has 0 saturated carbocycles. The number of fused-ring (bicyclic) bond motifs is 3. The molecule has 0 aliphatic carbocycles. The Morgan fingerprint density at radius 1 is 1.07 bits per heavy atom. The van der Waals surface area contributed by atoms with Gasteiger partial charge in [-0.3, -0.25) is 4.98 Å². The molecule has 0 amide bonds. The van der Waals surface area contributed by atoms with Crippen molar-refractivity contribution in [3.05, 3.63) is 30.0 Å². The Balaban J connectivity index is 2.62. The summed E-state index contributed by atoms with van der Waals surface area (Å²) < 4.78 is 0. The molecule has 0 radical (unpaired) electrons. The van der Waals surface area contributed by atoms with Gasteiger partial charge >= 0.3 is 0 Å². The predicted octanol–water partition coefficient (Wildman–Crippen LogP) is 1.82. The topological polar surface area (TPSA) is 43.6 Å². The summed E-state index contributed by atoms with van der Waals surface area (Å²) in [6.45, 7) is 2.07. The second-order valence-electron chi connectivity index (χ2n) is 3.64. The highest BCUT2D eigenvalue weighted by Crippen LogP contribution is 2.23. The zero-order valence-electron chi connectivity index (χ0n) is 8.60. The van der Waals surface area contributed by atoms with Gasteiger partial charge in [0.2, 0.25) is 0 Å². The van der Waals surface area contributed by atoms with Crippen LogP contribution in [0.15, 0.2) is 24.4 Å². The van der Waals surface area contributed by atoms with E-state index < -0.39 is 0 Å². The molecule has 4 heteroatoms. The third-order valence-electron chi connectivity index (χ3n) is 2.56. The van der Waals surface area contributed by atoms with E-state index in [1.807, 2.05) is 31.4 Å². The van der Waals surface area contributed by atoms with Gasteiger partial charge < -0.3 is 0 Å². The number of aromatic nitrogens is 4. The standard InChI is InChI=1S/C11H10N4/c1-7-5-6-12-8-3-4-9-11(10(7)8)14-15(2)13-9/h3-6H,1-2H3. The molecule has 1 aromatic carbocycles. The van der Waals surface area contributed by atoms with E-state index in [2.05, 4.69) is 22.1 Å². The number of pyridine rings is 1. The maximum atomic E-state index is 4.37. The minimum Gasteiger partial charge on any atom is -0.256 e. The number of aryl methyl sites for hydroxylation is 2. The fraction of sp³-hybridized carbons (Fsp3) is 0.182. The van der Waals surface area contributed by atoms with Gasteiger partial charge in [-0.2, -0.15) is 15.0 Å². The normalized spacial score (nSPS) is 11.3. The molecule has 3 rings (SSSR count). The van der Waals surface area contributed by atoms with E-state index in [9.17, 15) is 0 Å². The van der Waals surface area contributed by atoms with Crippen LogP contribution in [0, 0.1) is 6.92 Å². The minimum atomic E-state index is 0.918. The van der Waals surface area contributed by atoms with Crippen LogP contribution in [0.3, 0.4) is 0 Å². The van der Waals surface area contributed by atoms with Crippen LogP contribution in [-0.4, -0.2) is 20.0 Å². The van der Waals surface area contributed by atoms with Crippen LogP contribution in [0.2, 0.25) is 0 Å². The lowest BCUT2D eigenvalue weighted by Crippen LogP contribution is -1.90. The molecule has 0 aliphatic heterocycles. The summed E-state index contributed by atoms with van der Waals surface area (Å²) in [7, 11) is 1.83. The van der Waals surface area contributed by atoms with Crippen LogP contribution >= 0.6 is 0 Å².